The smallest absolute Gasteiger partial charge is 0.255 e. The van der Waals surface area contributed by atoms with Crippen molar-refractivity contribution in [3.05, 3.63) is 29.8 Å². The number of phenolic OH excluding ortho intramolecular Hbond substituents is 1. The summed E-state index contributed by atoms with van der Waals surface area (Å²) in [5.74, 6) is -0.438. The molecule has 6 heteroatoms. The normalized spacial score (nSPS) is 10.6. The monoisotopic (exact) mass is 307 g/mol. The van der Waals surface area contributed by atoms with Gasteiger partial charge >= 0.3 is 0 Å². The first-order valence-corrected chi connectivity index (χ1v) is 6.09. The van der Waals surface area contributed by atoms with E-state index < -0.39 is 18.9 Å². The molecule has 0 atom stereocenters. The predicted molar refractivity (Wildman–Crippen MR) is 63.8 cm³/mol. The number of hydrogen-bond donors (Lipinski definition) is 1. The number of halogens is 3. The number of carbonyl (C=O) groups excluding carboxylic acids is 1. The Morgan fingerprint density at radius 2 is 1.94 bits per heavy atom. The van der Waals surface area contributed by atoms with E-state index >= 15 is 0 Å². The lowest BCUT2D eigenvalue weighted by Crippen LogP contribution is -2.36. The van der Waals surface area contributed by atoms with Crippen LogP contribution in [0.25, 0.3) is 0 Å². The van der Waals surface area contributed by atoms with Crippen LogP contribution in [0.1, 0.15) is 10.4 Å². The Bertz CT molecular complexity index is 370. The van der Waals surface area contributed by atoms with Crippen molar-refractivity contribution in [2.45, 2.75) is 6.43 Å². The average Bonchev–Trinajstić information content (AvgIpc) is 2.28. The molecular formula is C11H12BrF2NO2. The van der Waals surface area contributed by atoms with Crippen molar-refractivity contribution in [3.63, 3.8) is 0 Å². The number of alkyl halides is 3. The fourth-order valence-electron chi connectivity index (χ4n) is 1.33. The van der Waals surface area contributed by atoms with Crippen LogP contribution in [0.4, 0.5) is 8.78 Å². The number of amides is 1. The molecule has 0 saturated carbocycles. The van der Waals surface area contributed by atoms with Gasteiger partial charge in [0.2, 0.25) is 0 Å². The summed E-state index contributed by atoms with van der Waals surface area (Å²) in [6.45, 7) is -0.380. The summed E-state index contributed by atoms with van der Waals surface area (Å²) in [5, 5.41) is 9.51. The third kappa shape index (κ3) is 4.30. The zero-order valence-electron chi connectivity index (χ0n) is 8.94. The van der Waals surface area contributed by atoms with Crippen LogP contribution in [0.15, 0.2) is 24.3 Å². The van der Waals surface area contributed by atoms with Gasteiger partial charge in [0.1, 0.15) is 5.75 Å². The molecule has 1 rings (SSSR count). The third-order valence-electron chi connectivity index (χ3n) is 2.11. The molecule has 1 aromatic carbocycles. The molecule has 3 nitrogen and oxygen atoms in total. The average molecular weight is 308 g/mol. The molecule has 0 spiro atoms. The van der Waals surface area contributed by atoms with E-state index in [0.717, 1.165) is 4.90 Å². The Morgan fingerprint density at radius 3 is 2.41 bits per heavy atom. The molecule has 0 saturated heterocycles. The predicted octanol–water partition coefficient (Wildman–Crippen LogP) is 2.49. The molecule has 0 radical (unpaired) electrons. The van der Waals surface area contributed by atoms with Crippen LogP contribution in [-0.2, 0) is 0 Å². The van der Waals surface area contributed by atoms with E-state index in [1.807, 2.05) is 0 Å². The van der Waals surface area contributed by atoms with Crippen molar-refractivity contribution in [2.75, 3.05) is 18.4 Å². The first kappa shape index (κ1) is 13.9. The molecule has 1 aromatic rings. The minimum atomic E-state index is -2.56. The van der Waals surface area contributed by atoms with Gasteiger partial charge in [-0.3, -0.25) is 4.79 Å². The van der Waals surface area contributed by atoms with Gasteiger partial charge in [-0.05, 0) is 24.3 Å². The fourth-order valence-corrected chi connectivity index (χ4v) is 1.76. The minimum absolute atomic E-state index is 0.0300. The van der Waals surface area contributed by atoms with Gasteiger partial charge in [-0.15, -0.1) is 0 Å². The summed E-state index contributed by atoms with van der Waals surface area (Å²) in [6.07, 6.45) is -2.56. The van der Waals surface area contributed by atoms with E-state index in [9.17, 15) is 13.6 Å². The Morgan fingerprint density at radius 1 is 1.35 bits per heavy atom. The molecule has 0 fully saturated rings. The molecule has 94 valence electrons. The quantitative estimate of drug-likeness (QED) is 0.849. The number of carbonyl (C=O) groups is 1. The van der Waals surface area contributed by atoms with Gasteiger partial charge in [0, 0.05) is 17.4 Å². The zero-order chi connectivity index (χ0) is 12.8. The van der Waals surface area contributed by atoms with Gasteiger partial charge in [-0.1, -0.05) is 15.9 Å². The van der Waals surface area contributed by atoms with Crippen molar-refractivity contribution in [1.29, 1.82) is 0 Å². The third-order valence-corrected chi connectivity index (χ3v) is 2.47. The summed E-state index contributed by atoms with van der Waals surface area (Å²) in [4.78, 5) is 12.9. The molecule has 0 aliphatic rings. The molecule has 0 unspecified atom stereocenters. The Labute approximate surface area is 106 Å². The van der Waals surface area contributed by atoms with Gasteiger partial charge in [0.05, 0.1) is 6.54 Å². The van der Waals surface area contributed by atoms with Gasteiger partial charge < -0.3 is 10.0 Å². The van der Waals surface area contributed by atoms with E-state index in [1.54, 1.807) is 0 Å². The van der Waals surface area contributed by atoms with Crippen LogP contribution >= 0.6 is 15.9 Å². The highest BCUT2D eigenvalue weighted by molar-refractivity contribution is 9.09. The number of benzene rings is 1. The van der Waals surface area contributed by atoms with Crippen molar-refractivity contribution in [1.82, 2.24) is 4.90 Å². The van der Waals surface area contributed by atoms with Crippen LogP contribution < -0.4 is 0 Å². The topological polar surface area (TPSA) is 40.5 Å². The summed E-state index contributed by atoms with van der Waals surface area (Å²) in [7, 11) is 0. The molecule has 0 heterocycles. The standard InChI is InChI=1S/C11H12BrF2NO2/c12-5-6-15(7-10(13)14)11(17)8-1-3-9(16)4-2-8/h1-4,10,16H,5-7H2. The first-order valence-electron chi connectivity index (χ1n) is 4.97. The van der Waals surface area contributed by atoms with Crippen LogP contribution in [0.2, 0.25) is 0 Å². The Balaban J connectivity index is 2.79. The Kier molecular flexibility index (Phi) is 5.34. The summed E-state index contributed by atoms with van der Waals surface area (Å²) in [5.41, 5.74) is 0.282. The van der Waals surface area contributed by atoms with Crippen LogP contribution in [0.3, 0.4) is 0 Å². The second kappa shape index (κ2) is 6.54. The van der Waals surface area contributed by atoms with E-state index in [4.69, 9.17) is 5.11 Å². The van der Waals surface area contributed by atoms with Gasteiger partial charge in [0.25, 0.3) is 12.3 Å². The van der Waals surface area contributed by atoms with Crippen molar-refractivity contribution >= 4 is 21.8 Å². The second-order valence-corrected chi connectivity index (χ2v) is 4.17. The molecule has 0 aliphatic carbocycles. The first-order chi connectivity index (χ1) is 8.04. The van der Waals surface area contributed by atoms with Crippen molar-refractivity contribution in [3.8, 4) is 5.75 Å². The zero-order valence-corrected chi connectivity index (χ0v) is 10.5. The molecular weight excluding hydrogens is 296 g/mol. The van der Waals surface area contributed by atoms with Gasteiger partial charge in [0.15, 0.2) is 0 Å². The van der Waals surface area contributed by atoms with E-state index in [1.165, 1.54) is 24.3 Å². The number of aromatic hydroxyl groups is 1. The maximum absolute atomic E-state index is 12.3. The van der Waals surface area contributed by atoms with Crippen molar-refractivity contribution in [2.24, 2.45) is 0 Å². The SMILES string of the molecule is O=C(c1ccc(O)cc1)N(CCBr)CC(F)F. The fraction of sp³-hybridized carbons (Fsp3) is 0.364. The molecule has 0 aliphatic heterocycles. The highest BCUT2D eigenvalue weighted by atomic mass is 79.9. The lowest BCUT2D eigenvalue weighted by Gasteiger charge is -2.21. The summed E-state index contributed by atoms with van der Waals surface area (Å²) >= 11 is 3.11. The molecule has 1 N–H and O–H groups in total. The summed E-state index contributed by atoms with van der Waals surface area (Å²) in [6, 6.07) is 5.51. The highest BCUT2D eigenvalue weighted by Gasteiger charge is 2.18. The Hall–Kier alpha value is -1.17. The van der Waals surface area contributed by atoms with Crippen molar-refractivity contribution < 1.29 is 18.7 Å². The lowest BCUT2D eigenvalue weighted by molar-refractivity contribution is 0.0572. The van der Waals surface area contributed by atoms with Crippen LogP contribution in [0, 0.1) is 0 Å². The second-order valence-electron chi connectivity index (χ2n) is 3.38. The molecule has 0 bridgehead atoms. The molecule has 0 aromatic heterocycles. The minimum Gasteiger partial charge on any atom is -0.508 e. The van der Waals surface area contributed by atoms with E-state index in [0.29, 0.717) is 5.33 Å². The summed E-state index contributed by atoms with van der Waals surface area (Å²) < 4.78 is 24.6. The maximum Gasteiger partial charge on any atom is 0.255 e. The van der Waals surface area contributed by atoms with Gasteiger partial charge in [-0.2, -0.15) is 0 Å². The number of rotatable bonds is 5. The van der Waals surface area contributed by atoms with Crippen LogP contribution in [0.5, 0.6) is 5.75 Å². The lowest BCUT2D eigenvalue weighted by atomic mass is 10.2. The van der Waals surface area contributed by atoms with E-state index in [2.05, 4.69) is 15.9 Å². The molecule has 17 heavy (non-hydrogen) atoms. The van der Waals surface area contributed by atoms with E-state index in [-0.39, 0.29) is 17.9 Å². The highest BCUT2D eigenvalue weighted by Crippen LogP contribution is 2.12. The van der Waals surface area contributed by atoms with Crippen LogP contribution in [-0.4, -0.2) is 40.8 Å². The number of phenols is 1. The molecule has 1 amide bonds. The number of nitrogens with zero attached hydrogens (tertiary/aromatic N) is 1. The number of hydrogen-bond acceptors (Lipinski definition) is 2. The van der Waals surface area contributed by atoms with Gasteiger partial charge in [-0.25, -0.2) is 8.78 Å². The maximum atomic E-state index is 12.3. The largest absolute Gasteiger partial charge is 0.508 e.